The maximum absolute atomic E-state index is 12.8. The molecule has 1 aromatic carbocycles. The molecule has 0 saturated heterocycles. The standard InChI is InChI=1S/C15H17FN4O/c1-10-8-13(19-15(18-10)20(2)3)9-17-14(21)11-4-6-12(16)7-5-11/h4-8H,9H2,1-3H3,(H,17,21). The second-order valence-corrected chi connectivity index (χ2v) is 4.88. The Labute approximate surface area is 122 Å². The van der Waals surface area contributed by atoms with Crippen molar-refractivity contribution in [1.29, 1.82) is 0 Å². The Balaban J connectivity index is 2.05. The number of nitrogens with zero attached hydrogens (tertiary/aromatic N) is 3. The van der Waals surface area contributed by atoms with Crippen LogP contribution in [-0.2, 0) is 6.54 Å². The van der Waals surface area contributed by atoms with E-state index in [9.17, 15) is 9.18 Å². The zero-order chi connectivity index (χ0) is 15.4. The van der Waals surface area contributed by atoms with Crippen LogP contribution in [0.1, 0.15) is 21.7 Å². The monoisotopic (exact) mass is 288 g/mol. The van der Waals surface area contributed by atoms with Crippen LogP contribution in [0.5, 0.6) is 0 Å². The highest BCUT2D eigenvalue weighted by Crippen LogP contribution is 2.08. The van der Waals surface area contributed by atoms with E-state index in [-0.39, 0.29) is 11.7 Å². The number of aromatic nitrogens is 2. The summed E-state index contributed by atoms with van der Waals surface area (Å²) in [7, 11) is 3.71. The Morgan fingerprint density at radius 2 is 1.90 bits per heavy atom. The number of rotatable bonds is 4. The molecule has 0 radical (unpaired) electrons. The van der Waals surface area contributed by atoms with Gasteiger partial charge in [0.2, 0.25) is 5.95 Å². The van der Waals surface area contributed by atoms with Gasteiger partial charge in [-0.3, -0.25) is 4.79 Å². The van der Waals surface area contributed by atoms with Crippen LogP contribution in [0.2, 0.25) is 0 Å². The molecule has 1 amide bonds. The second-order valence-electron chi connectivity index (χ2n) is 4.88. The summed E-state index contributed by atoms with van der Waals surface area (Å²) in [6.45, 7) is 2.17. The molecule has 1 N–H and O–H groups in total. The quantitative estimate of drug-likeness (QED) is 0.934. The predicted molar refractivity (Wildman–Crippen MR) is 78.7 cm³/mol. The molecule has 110 valence electrons. The number of anilines is 1. The molecular formula is C15H17FN4O. The highest BCUT2D eigenvalue weighted by molar-refractivity contribution is 5.94. The lowest BCUT2D eigenvalue weighted by molar-refractivity contribution is 0.0950. The van der Waals surface area contributed by atoms with Crippen molar-refractivity contribution in [1.82, 2.24) is 15.3 Å². The van der Waals surface area contributed by atoms with Crippen molar-refractivity contribution in [2.24, 2.45) is 0 Å². The van der Waals surface area contributed by atoms with Gasteiger partial charge in [0, 0.05) is 25.4 Å². The number of nitrogens with one attached hydrogen (secondary N) is 1. The van der Waals surface area contributed by atoms with E-state index >= 15 is 0 Å². The van der Waals surface area contributed by atoms with E-state index in [4.69, 9.17) is 0 Å². The zero-order valence-corrected chi connectivity index (χ0v) is 12.2. The third-order valence-corrected chi connectivity index (χ3v) is 2.83. The second kappa shape index (κ2) is 6.30. The molecule has 2 aromatic rings. The van der Waals surface area contributed by atoms with Gasteiger partial charge < -0.3 is 10.2 Å². The van der Waals surface area contributed by atoms with Crippen LogP contribution in [0.25, 0.3) is 0 Å². The van der Waals surface area contributed by atoms with Crippen LogP contribution in [0, 0.1) is 12.7 Å². The van der Waals surface area contributed by atoms with E-state index in [0.29, 0.717) is 18.1 Å². The Kier molecular flexibility index (Phi) is 4.47. The van der Waals surface area contributed by atoms with Crippen LogP contribution in [0.4, 0.5) is 10.3 Å². The van der Waals surface area contributed by atoms with Crippen LogP contribution >= 0.6 is 0 Å². The first-order chi connectivity index (χ1) is 9.95. The normalized spacial score (nSPS) is 10.3. The van der Waals surface area contributed by atoms with Gasteiger partial charge in [-0.25, -0.2) is 14.4 Å². The van der Waals surface area contributed by atoms with E-state index in [1.54, 1.807) is 4.90 Å². The molecular weight excluding hydrogens is 271 g/mol. The van der Waals surface area contributed by atoms with Crippen molar-refractivity contribution in [3.05, 3.63) is 53.1 Å². The van der Waals surface area contributed by atoms with E-state index < -0.39 is 0 Å². The van der Waals surface area contributed by atoms with Crippen molar-refractivity contribution < 1.29 is 9.18 Å². The Hall–Kier alpha value is -2.50. The molecule has 0 aliphatic heterocycles. The fraction of sp³-hybridized carbons (Fsp3) is 0.267. The maximum atomic E-state index is 12.8. The number of halogens is 1. The van der Waals surface area contributed by atoms with Gasteiger partial charge in [0.15, 0.2) is 0 Å². The molecule has 0 saturated carbocycles. The first-order valence-corrected chi connectivity index (χ1v) is 6.51. The van der Waals surface area contributed by atoms with Crippen LogP contribution < -0.4 is 10.2 Å². The summed E-state index contributed by atoms with van der Waals surface area (Å²) < 4.78 is 12.8. The molecule has 21 heavy (non-hydrogen) atoms. The molecule has 1 aromatic heterocycles. The third-order valence-electron chi connectivity index (χ3n) is 2.83. The van der Waals surface area contributed by atoms with Gasteiger partial charge in [-0.05, 0) is 37.3 Å². The van der Waals surface area contributed by atoms with E-state index in [0.717, 1.165) is 11.4 Å². The molecule has 0 aliphatic rings. The fourth-order valence-electron chi connectivity index (χ4n) is 1.78. The molecule has 6 heteroatoms. The lowest BCUT2D eigenvalue weighted by Gasteiger charge is -2.12. The number of carbonyl (C=O) groups excluding carboxylic acids is 1. The average molecular weight is 288 g/mol. The van der Waals surface area contributed by atoms with Crippen molar-refractivity contribution in [2.75, 3.05) is 19.0 Å². The molecule has 0 atom stereocenters. The molecule has 5 nitrogen and oxygen atoms in total. The first-order valence-electron chi connectivity index (χ1n) is 6.51. The summed E-state index contributed by atoms with van der Waals surface area (Å²) in [6, 6.07) is 7.22. The molecule has 0 spiro atoms. The Morgan fingerprint density at radius 3 is 2.52 bits per heavy atom. The zero-order valence-electron chi connectivity index (χ0n) is 12.2. The number of carbonyl (C=O) groups is 1. The van der Waals surface area contributed by atoms with Gasteiger partial charge in [0.05, 0.1) is 12.2 Å². The van der Waals surface area contributed by atoms with Crippen molar-refractivity contribution in [2.45, 2.75) is 13.5 Å². The summed E-state index contributed by atoms with van der Waals surface area (Å²) in [5.41, 5.74) is 1.97. The Bertz CT molecular complexity index is 641. The van der Waals surface area contributed by atoms with Gasteiger partial charge in [-0.1, -0.05) is 0 Å². The van der Waals surface area contributed by atoms with E-state index in [1.807, 2.05) is 27.1 Å². The molecule has 2 rings (SSSR count). The minimum Gasteiger partial charge on any atom is -0.347 e. The number of amides is 1. The Morgan fingerprint density at radius 1 is 1.24 bits per heavy atom. The van der Waals surface area contributed by atoms with E-state index in [2.05, 4.69) is 15.3 Å². The SMILES string of the molecule is Cc1cc(CNC(=O)c2ccc(F)cc2)nc(N(C)C)n1. The summed E-state index contributed by atoms with van der Waals surface area (Å²) >= 11 is 0. The summed E-state index contributed by atoms with van der Waals surface area (Å²) in [4.78, 5) is 22.4. The highest BCUT2D eigenvalue weighted by atomic mass is 19.1. The number of aryl methyl sites for hydroxylation is 1. The molecule has 0 aliphatic carbocycles. The summed E-state index contributed by atoms with van der Waals surface area (Å²) in [5, 5.41) is 2.76. The lowest BCUT2D eigenvalue weighted by atomic mass is 10.2. The number of hydrogen-bond acceptors (Lipinski definition) is 4. The minimum absolute atomic E-state index is 0.266. The minimum atomic E-state index is -0.367. The van der Waals surface area contributed by atoms with Crippen LogP contribution in [0.3, 0.4) is 0 Å². The largest absolute Gasteiger partial charge is 0.347 e. The van der Waals surface area contributed by atoms with Gasteiger partial charge in [0.1, 0.15) is 5.82 Å². The summed E-state index contributed by atoms with van der Waals surface area (Å²) in [6.07, 6.45) is 0. The summed E-state index contributed by atoms with van der Waals surface area (Å²) in [5.74, 6) is -0.0349. The fourth-order valence-corrected chi connectivity index (χ4v) is 1.78. The topological polar surface area (TPSA) is 58.1 Å². The molecule has 1 heterocycles. The number of benzene rings is 1. The van der Waals surface area contributed by atoms with Gasteiger partial charge >= 0.3 is 0 Å². The molecule has 0 bridgehead atoms. The van der Waals surface area contributed by atoms with Crippen LogP contribution in [-0.4, -0.2) is 30.0 Å². The average Bonchev–Trinajstić information content (AvgIpc) is 2.45. The first kappa shape index (κ1) is 14.9. The van der Waals surface area contributed by atoms with Crippen molar-refractivity contribution >= 4 is 11.9 Å². The van der Waals surface area contributed by atoms with Gasteiger partial charge in [0.25, 0.3) is 5.91 Å². The highest BCUT2D eigenvalue weighted by Gasteiger charge is 2.08. The smallest absolute Gasteiger partial charge is 0.251 e. The van der Waals surface area contributed by atoms with Crippen LogP contribution in [0.15, 0.2) is 30.3 Å². The third kappa shape index (κ3) is 3.98. The number of hydrogen-bond donors (Lipinski definition) is 1. The van der Waals surface area contributed by atoms with E-state index in [1.165, 1.54) is 24.3 Å². The van der Waals surface area contributed by atoms with Crippen molar-refractivity contribution in [3.63, 3.8) is 0 Å². The molecule has 0 fully saturated rings. The lowest BCUT2D eigenvalue weighted by Crippen LogP contribution is -2.24. The maximum Gasteiger partial charge on any atom is 0.251 e. The van der Waals surface area contributed by atoms with Gasteiger partial charge in [-0.15, -0.1) is 0 Å². The van der Waals surface area contributed by atoms with Crippen molar-refractivity contribution in [3.8, 4) is 0 Å². The predicted octanol–water partition coefficient (Wildman–Crippen LogP) is 1.92. The molecule has 0 unspecified atom stereocenters. The van der Waals surface area contributed by atoms with Gasteiger partial charge in [-0.2, -0.15) is 0 Å².